The van der Waals surface area contributed by atoms with Crippen molar-refractivity contribution in [3.63, 3.8) is 0 Å². The molecule has 0 spiro atoms. The third kappa shape index (κ3) is 12.0. The van der Waals surface area contributed by atoms with Crippen LogP contribution in [0.5, 0.6) is 0 Å². The van der Waals surface area contributed by atoms with Gasteiger partial charge in [0.25, 0.3) is 0 Å². The zero-order valence-corrected chi connectivity index (χ0v) is 33.7. The fourth-order valence-corrected chi connectivity index (χ4v) is 10.9. The van der Waals surface area contributed by atoms with Crippen molar-refractivity contribution in [1.82, 2.24) is 0 Å². The molecule has 308 valence electrons. The van der Waals surface area contributed by atoms with Gasteiger partial charge in [-0.3, -0.25) is 27.1 Å². The molecule has 1 aromatic rings. The van der Waals surface area contributed by atoms with E-state index in [4.69, 9.17) is 41.6 Å². The second-order valence-corrected chi connectivity index (χ2v) is 19.4. The Morgan fingerprint density at radius 2 is 1.04 bits per heavy atom. The number of rotatable bonds is 18. The fraction of sp³-hybridized carbons (Fsp3) is 0.829. The van der Waals surface area contributed by atoms with Gasteiger partial charge in [0.1, 0.15) is 30.5 Å². The normalized spacial score (nSPS) is 36.1. The van der Waals surface area contributed by atoms with E-state index in [1.54, 1.807) is 7.11 Å². The number of hydrogen-bond acceptors (Lipinski definition) is 13. The summed E-state index contributed by atoms with van der Waals surface area (Å²) in [6.45, 7) is -1.16. The van der Waals surface area contributed by atoms with E-state index in [0.717, 1.165) is 57.6 Å². The molecule has 0 amide bonds. The largest absolute Gasteiger partial charge is 0.472 e. The third-order valence-corrected chi connectivity index (χ3v) is 14.4. The Kier molecular flexibility index (Phi) is 15.5. The summed E-state index contributed by atoms with van der Waals surface area (Å²) in [5.74, 6) is 0.622. The van der Waals surface area contributed by atoms with E-state index in [1.165, 1.54) is 19.3 Å². The number of benzene rings is 1. The second-order valence-electron chi connectivity index (χ2n) is 15.0. The van der Waals surface area contributed by atoms with Gasteiger partial charge in [-0.1, -0.05) is 68.9 Å². The summed E-state index contributed by atoms with van der Waals surface area (Å²) in [6.07, 6.45) is 6.09. The monoisotopic (exact) mass is 826 g/mol. The zero-order chi connectivity index (χ0) is 38.3. The summed E-state index contributed by atoms with van der Waals surface area (Å²) < 4.78 is 95.0. The minimum Gasteiger partial charge on any atom is -0.379 e. The van der Waals surface area contributed by atoms with E-state index < -0.39 is 73.3 Å². The van der Waals surface area contributed by atoms with E-state index in [1.807, 2.05) is 30.3 Å². The molecule has 54 heavy (non-hydrogen) atoms. The molecular weight excluding hydrogens is 769 g/mol. The maximum Gasteiger partial charge on any atom is 0.472 e. The first kappa shape index (κ1) is 43.0. The molecule has 16 nitrogen and oxygen atoms in total. The van der Waals surface area contributed by atoms with Crippen LogP contribution in [0, 0.1) is 11.8 Å². The van der Waals surface area contributed by atoms with Crippen LogP contribution >= 0.6 is 23.5 Å². The predicted octanol–water partition coefficient (Wildman–Crippen LogP) is 6.78. The SMILES string of the molecule is COC1C[C@H](C2CCCCC2)O[C@@H]1COP(=O)(O)OC1C[C@H](C2CCCCC2)O[C@@H]1COP(=O)(O)OC1C[C@H](c2ccccc2)O[C@@H]1COP(=O)(O)OC. The van der Waals surface area contributed by atoms with Crippen LogP contribution in [0.4, 0.5) is 0 Å². The number of hydrogen-bond donors (Lipinski definition) is 3. The number of methoxy groups -OCH3 is 1. The molecule has 19 heteroatoms. The smallest absolute Gasteiger partial charge is 0.379 e. The highest BCUT2D eigenvalue weighted by Gasteiger charge is 2.47. The van der Waals surface area contributed by atoms with Crippen LogP contribution in [-0.2, 0) is 59.8 Å². The third-order valence-electron chi connectivity index (χ3n) is 11.5. The molecule has 0 aromatic heterocycles. The van der Waals surface area contributed by atoms with Gasteiger partial charge < -0.3 is 33.6 Å². The van der Waals surface area contributed by atoms with Crippen molar-refractivity contribution < 1.29 is 74.5 Å². The molecular formula is C35H57O16P3. The van der Waals surface area contributed by atoms with Gasteiger partial charge in [-0.25, -0.2) is 13.7 Å². The summed E-state index contributed by atoms with van der Waals surface area (Å²) in [7, 11) is -11.3. The van der Waals surface area contributed by atoms with Gasteiger partial charge in [0.15, 0.2) is 0 Å². The Balaban J connectivity index is 1.08. The van der Waals surface area contributed by atoms with Gasteiger partial charge in [0, 0.05) is 33.5 Å². The van der Waals surface area contributed by atoms with Crippen LogP contribution in [0.2, 0.25) is 0 Å². The minimum atomic E-state index is -4.83. The number of phosphoric ester groups is 3. The predicted molar refractivity (Wildman–Crippen MR) is 193 cm³/mol. The second kappa shape index (κ2) is 19.4. The molecule has 3 N–H and O–H groups in total. The molecule has 2 saturated carbocycles. The van der Waals surface area contributed by atoms with E-state index >= 15 is 0 Å². The lowest BCUT2D eigenvalue weighted by atomic mass is 9.84. The van der Waals surface area contributed by atoms with Crippen molar-refractivity contribution in [2.45, 2.75) is 138 Å². The van der Waals surface area contributed by atoms with Crippen molar-refractivity contribution in [2.75, 3.05) is 34.0 Å². The Morgan fingerprint density at radius 3 is 1.54 bits per heavy atom. The van der Waals surface area contributed by atoms with Crippen molar-refractivity contribution in [3.8, 4) is 0 Å². The summed E-state index contributed by atoms with van der Waals surface area (Å²) in [4.78, 5) is 31.6. The van der Waals surface area contributed by atoms with E-state index in [9.17, 15) is 28.4 Å². The first-order valence-corrected chi connectivity index (χ1v) is 23.7. The highest BCUT2D eigenvalue weighted by molar-refractivity contribution is 7.48. The van der Waals surface area contributed by atoms with Gasteiger partial charge in [-0.2, -0.15) is 0 Å². The topological polar surface area (TPSA) is 204 Å². The Hall–Kier alpha value is -0.610. The molecule has 1 aromatic carbocycles. The first-order valence-electron chi connectivity index (χ1n) is 19.2. The molecule has 0 radical (unpaired) electrons. The molecule has 2 aliphatic carbocycles. The van der Waals surface area contributed by atoms with Crippen LogP contribution < -0.4 is 0 Å². The summed E-state index contributed by atoms with van der Waals surface area (Å²) in [6, 6.07) is 9.10. The summed E-state index contributed by atoms with van der Waals surface area (Å²) in [5.41, 5.74) is 0.770. The molecule has 6 unspecified atom stereocenters. The standard InChI is InChI=1S/C35H57O16P3/c1-42-30-18-27(24-12-6-3-7-13-24)47-33(30)21-45-53(38,39)51-32-20-29(26-16-10-5-11-17-26)49-35(32)23-46-54(40,41)50-31-19-28(25-14-8-4-9-15-25)48-34(31)22-44-52(36,37)43-2/h4,8-9,14-15,24,26-35H,3,5-7,10-13,16-23H2,1-2H3,(H,36,37)(H,38,39)(H,40,41)/t27-,28-,29-,30?,31?,32?,33-,34-,35-/m1/s1. The Morgan fingerprint density at radius 1 is 0.593 bits per heavy atom. The molecule has 3 saturated heterocycles. The van der Waals surface area contributed by atoms with Crippen LogP contribution in [0.15, 0.2) is 30.3 Å². The lowest BCUT2D eigenvalue weighted by Crippen LogP contribution is -2.31. The highest BCUT2D eigenvalue weighted by atomic mass is 31.2. The first-order chi connectivity index (χ1) is 25.8. The maximum atomic E-state index is 13.4. The van der Waals surface area contributed by atoms with Gasteiger partial charge in [0.2, 0.25) is 0 Å². The maximum absolute atomic E-state index is 13.4. The summed E-state index contributed by atoms with van der Waals surface area (Å²) in [5, 5.41) is 0. The average Bonchev–Trinajstić information content (AvgIpc) is 3.90. The molecule has 3 heterocycles. The Bertz CT molecular complexity index is 1460. The number of phosphoric acid groups is 3. The van der Waals surface area contributed by atoms with Crippen molar-refractivity contribution >= 4 is 23.5 Å². The van der Waals surface area contributed by atoms with Gasteiger partial charge in [0.05, 0.1) is 44.2 Å². The molecule has 5 aliphatic rings. The van der Waals surface area contributed by atoms with Gasteiger partial charge in [-0.15, -0.1) is 0 Å². The molecule has 5 fully saturated rings. The number of ether oxygens (including phenoxy) is 4. The van der Waals surface area contributed by atoms with Crippen LogP contribution in [-0.4, -0.2) is 97.6 Å². The molecule has 3 aliphatic heterocycles. The zero-order valence-electron chi connectivity index (χ0n) is 31.0. The lowest BCUT2D eigenvalue weighted by molar-refractivity contribution is -0.0605. The van der Waals surface area contributed by atoms with E-state index in [0.29, 0.717) is 12.3 Å². The Labute approximate surface area is 317 Å². The van der Waals surface area contributed by atoms with Gasteiger partial charge in [-0.05, 0) is 43.1 Å². The molecule has 0 bridgehead atoms. The van der Waals surface area contributed by atoms with Crippen LogP contribution in [0.3, 0.4) is 0 Å². The van der Waals surface area contributed by atoms with Crippen molar-refractivity contribution in [2.24, 2.45) is 11.8 Å². The lowest BCUT2D eigenvalue weighted by Gasteiger charge is -2.27. The van der Waals surface area contributed by atoms with E-state index in [-0.39, 0.29) is 43.7 Å². The molecule has 12 atom stereocenters. The minimum absolute atomic E-state index is 0.00448. The quantitative estimate of drug-likeness (QED) is 0.131. The fourth-order valence-electron chi connectivity index (χ4n) is 8.58. The summed E-state index contributed by atoms with van der Waals surface area (Å²) >= 11 is 0. The van der Waals surface area contributed by atoms with E-state index in [2.05, 4.69) is 4.52 Å². The van der Waals surface area contributed by atoms with Crippen LogP contribution in [0.1, 0.15) is 95.1 Å². The molecule has 6 rings (SSSR count). The average molecular weight is 827 g/mol. The van der Waals surface area contributed by atoms with Crippen LogP contribution in [0.25, 0.3) is 0 Å². The van der Waals surface area contributed by atoms with Crippen molar-refractivity contribution in [1.29, 1.82) is 0 Å². The highest BCUT2D eigenvalue weighted by Crippen LogP contribution is 2.53. The van der Waals surface area contributed by atoms with Crippen molar-refractivity contribution in [3.05, 3.63) is 35.9 Å². The van der Waals surface area contributed by atoms with Gasteiger partial charge >= 0.3 is 23.5 Å².